The Bertz CT molecular complexity index is 1010. The number of fused-ring (bicyclic) bond motifs is 1. The summed E-state index contributed by atoms with van der Waals surface area (Å²) in [4.78, 5) is 4.77. The molecule has 4 rings (SSSR count). The van der Waals surface area contributed by atoms with Gasteiger partial charge in [-0.15, -0.1) is 0 Å². The fraction of sp³-hybridized carbons (Fsp3) is 0.318. The number of ether oxygens (including phenoxy) is 1. The number of hydrogen-bond acceptors (Lipinski definition) is 3. The predicted octanol–water partition coefficient (Wildman–Crippen LogP) is 6.56. The van der Waals surface area contributed by atoms with Gasteiger partial charge in [-0.2, -0.15) is 0 Å². The topological polar surface area (TPSA) is 38.6 Å². The number of para-hydroxylation sites is 1. The molecular weight excluding hydrogens is 393 g/mol. The molecule has 0 amide bonds. The van der Waals surface area contributed by atoms with Crippen molar-refractivity contribution in [2.75, 3.05) is 12.4 Å². The zero-order valence-electron chi connectivity index (χ0n) is 15.8. The van der Waals surface area contributed by atoms with Gasteiger partial charge in [0.25, 0.3) is 0 Å². The average molecular weight is 416 g/mol. The maximum Gasteiger partial charge on any atom is 0.158 e. The fourth-order valence-corrected chi connectivity index (χ4v) is 4.28. The summed E-state index contributed by atoms with van der Waals surface area (Å²) in [6.07, 6.45) is 12.0. The minimum absolute atomic E-state index is 0.435. The summed E-state index contributed by atoms with van der Waals surface area (Å²) in [5.41, 5.74) is 2.53. The molecule has 3 aromatic rings. The van der Waals surface area contributed by atoms with E-state index >= 15 is 0 Å². The Hall–Kier alpha value is -2.17. The van der Waals surface area contributed by atoms with E-state index < -0.39 is 0 Å². The van der Waals surface area contributed by atoms with Crippen LogP contribution in [0.4, 0.5) is 5.82 Å². The first-order valence-corrected chi connectivity index (χ1v) is 10.4. The highest BCUT2D eigenvalue weighted by Gasteiger charge is 2.19. The van der Waals surface area contributed by atoms with Crippen LogP contribution < -0.4 is 10.1 Å². The third kappa shape index (κ3) is 3.98. The minimum Gasteiger partial charge on any atom is -0.496 e. The standard InChI is InChI=1S/C22H23Cl2N3O/c1-28-20-10-6-5-7-15(20)11-12-19-22(25-17-8-3-2-4-9-17)27-14-16(23)13-18(24)21(27)26-19/h5-7,10-14,17,25H,2-4,8-9H2,1H3/b12-11+. The van der Waals surface area contributed by atoms with E-state index in [9.17, 15) is 0 Å². The van der Waals surface area contributed by atoms with Crippen molar-refractivity contribution in [2.24, 2.45) is 0 Å². The van der Waals surface area contributed by atoms with Crippen molar-refractivity contribution >= 4 is 46.8 Å². The molecule has 0 radical (unpaired) electrons. The Labute approximate surface area is 175 Å². The van der Waals surface area contributed by atoms with E-state index in [1.54, 1.807) is 13.2 Å². The summed E-state index contributed by atoms with van der Waals surface area (Å²) in [7, 11) is 1.68. The molecule has 1 saturated carbocycles. The maximum atomic E-state index is 6.42. The molecule has 1 aliphatic rings. The van der Waals surface area contributed by atoms with Crippen LogP contribution in [0.15, 0.2) is 36.5 Å². The molecule has 146 valence electrons. The van der Waals surface area contributed by atoms with Crippen LogP contribution in [0, 0.1) is 0 Å². The number of rotatable bonds is 5. The van der Waals surface area contributed by atoms with Crippen LogP contribution in [0.25, 0.3) is 17.8 Å². The maximum absolute atomic E-state index is 6.42. The first-order chi connectivity index (χ1) is 13.7. The molecule has 28 heavy (non-hydrogen) atoms. The lowest BCUT2D eigenvalue weighted by Crippen LogP contribution is -2.23. The smallest absolute Gasteiger partial charge is 0.158 e. The van der Waals surface area contributed by atoms with Gasteiger partial charge in [-0.1, -0.05) is 60.7 Å². The minimum atomic E-state index is 0.435. The van der Waals surface area contributed by atoms with Crippen LogP contribution in [-0.2, 0) is 0 Å². The van der Waals surface area contributed by atoms with Crippen molar-refractivity contribution in [1.82, 2.24) is 9.38 Å². The number of benzene rings is 1. The second-order valence-corrected chi connectivity index (χ2v) is 7.94. The molecule has 0 aliphatic heterocycles. The molecule has 0 saturated heterocycles. The quantitative estimate of drug-likeness (QED) is 0.512. The highest BCUT2D eigenvalue weighted by atomic mass is 35.5. The van der Waals surface area contributed by atoms with Crippen LogP contribution in [0.2, 0.25) is 10.0 Å². The molecule has 1 fully saturated rings. The van der Waals surface area contributed by atoms with Gasteiger partial charge in [-0.05, 0) is 37.1 Å². The predicted molar refractivity (Wildman–Crippen MR) is 118 cm³/mol. The highest BCUT2D eigenvalue weighted by molar-refractivity contribution is 6.36. The van der Waals surface area contributed by atoms with Crippen molar-refractivity contribution in [3.8, 4) is 5.75 Å². The summed E-state index contributed by atoms with van der Waals surface area (Å²) in [6.45, 7) is 0. The lowest BCUT2D eigenvalue weighted by Gasteiger charge is -2.24. The van der Waals surface area contributed by atoms with Crippen LogP contribution in [0.5, 0.6) is 5.75 Å². The summed E-state index contributed by atoms with van der Waals surface area (Å²) in [5.74, 6) is 1.75. The molecule has 0 spiro atoms. The zero-order valence-corrected chi connectivity index (χ0v) is 17.3. The molecule has 1 aliphatic carbocycles. The third-order valence-corrected chi connectivity index (χ3v) is 5.66. The Balaban J connectivity index is 1.76. The Morgan fingerprint density at radius 3 is 2.71 bits per heavy atom. The summed E-state index contributed by atoms with van der Waals surface area (Å²) < 4.78 is 7.41. The molecule has 6 heteroatoms. The summed E-state index contributed by atoms with van der Waals surface area (Å²) in [6, 6.07) is 10.1. The largest absolute Gasteiger partial charge is 0.496 e. The Morgan fingerprint density at radius 1 is 1.14 bits per heavy atom. The molecule has 1 N–H and O–H groups in total. The van der Waals surface area contributed by atoms with Crippen molar-refractivity contribution in [2.45, 2.75) is 38.1 Å². The van der Waals surface area contributed by atoms with Gasteiger partial charge in [0, 0.05) is 17.8 Å². The van der Waals surface area contributed by atoms with E-state index in [4.69, 9.17) is 32.9 Å². The number of imidazole rings is 1. The van der Waals surface area contributed by atoms with Crippen LogP contribution in [0.1, 0.15) is 43.4 Å². The van der Waals surface area contributed by atoms with Gasteiger partial charge in [0.15, 0.2) is 5.65 Å². The van der Waals surface area contributed by atoms with Crippen molar-refractivity contribution in [3.05, 3.63) is 57.8 Å². The van der Waals surface area contributed by atoms with Gasteiger partial charge >= 0.3 is 0 Å². The van der Waals surface area contributed by atoms with E-state index in [0.29, 0.717) is 21.7 Å². The lowest BCUT2D eigenvalue weighted by molar-refractivity contribution is 0.414. The average Bonchev–Trinajstić information content (AvgIpc) is 3.05. The monoisotopic (exact) mass is 415 g/mol. The van der Waals surface area contributed by atoms with E-state index in [1.807, 2.05) is 47.0 Å². The zero-order chi connectivity index (χ0) is 19.5. The van der Waals surface area contributed by atoms with Gasteiger partial charge in [-0.25, -0.2) is 4.98 Å². The molecule has 0 bridgehead atoms. The van der Waals surface area contributed by atoms with Gasteiger partial charge < -0.3 is 10.1 Å². The second-order valence-electron chi connectivity index (χ2n) is 7.10. The number of anilines is 1. The number of methoxy groups -OCH3 is 1. The normalized spacial score (nSPS) is 15.4. The second kappa shape index (κ2) is 8.46. The fourth-order valence-electron chi connectivity index (χ4n) is 3.76. The summed E-state index contributed by atoms with van der Waals surface area (Å²) >= 11 is 12.7. The molecule has 0 atom stereocenters. The van der Waals surface area contributed by atoms with E-state index in [-0.39, 0.29) is 0 Å². The molecule has 2 heterocycles. The van der Waals surface area contributed by atoms with Crippen molar-refractivity contribution in [3.63, 3.8) is 0 Å². The molecule has 0 unspecified atom stereocenters. The van der Waals surface area contributed by atoms with Gasteiger partial charge in [0.2, 0.25) is 0 Å². The number of hydrogen-bond donors (Lipinski definition) is 1. The number of nitrogens with zero attached hydrogens (tertiary/aromatic N) is 2. The number of nitrogens with one attached hydrogen (secondary N) is 1. The van der Waals surface area contributed by atoms with Gasteiger partial charge in [0.1, 0.15) is 17.3 Å². The molecule has 2 aromatic heterocycles. The van der Waals surface area contributed by atoms with Crippen molar-refractivity contribution < 1.29 is 4.74 Å². The SMILES string of the molecule is COc1ccccc1/C=C/c1nc2c(Cl)cc(Cl)cn2c1NC1CCCCC1. The number of pyridine rings is 1. The molecule has 1 aromatic carbocycles. The Morgan fingerprint density at radius 2 is 1.93 bits per heavy atom. The number of halogens is 2. The lowest BCUT2D eigenvalue weighted by atomic mass is 9.95. The van der Waals surface area contributed by atoms with E-state index in [0.717, 1.165) is 35.7 Å². The first kappa shape index (κ1) is 19.2. The van der Waals surface area contributed by atoms with Gasteiger partial charge in [-0.3, -0.25) is 4.40 Å². The first-order valence-electron chi connectivity index (χ1n) is 9.60. The van der Waals surface area contributed by atoms with Crippen LogP contribution >= 0.6 is 23.2 Å². The van der Waals surface area contributed by atoms with Gasteiger partial charge in [0.05, 0.1) is 17.2 Å². The molecule has 4 nitrogen and oxygen atoms in total. The third-order valence-electron chi connectivity index (χ3n) is 5.17. The Kier molecular flexibility index (Phi) is 5.79. The highest BCUT2D eigenvalue weighted by Crippen LogP contribution is 2.31. The van der Waals surface area contributed by atoms with E-state index in [2.05, 4.69) is 5.32 Å². The number of aromatic nitrogens is 2. The van der Waals surface area contributed by atoms with Crippen LogP contribution in [0.3, 0.4) is 0 Å². The van der Waals surface area contributed by atoms with Crippen LogP contribution in [-0.4, -0.2) is 22.5 Å². The molecular formula is C22H23Cl2N3O. The van der Waals surface area contributed by atoms with Crippen molar-refractivity contribution in [1.29, 1.82) is 0 Å². The summed E-state index contributed by atoms with van der Waals surface area (Å²) in [5, 5.41) is 4.82. The van der Waals surface area contributed by atoms with E-state index in [1.165, 1.54) is 19.3 Å².